The molecule has 1 rings (SSSR count). The minimum atomic E-state index is -1.33. The highest BCUT2D eigenvalue weighted by atomic mass is 79.9. The molecule has 1 aromatic rings. The van der Waals surface area contributed by atoms with Crippen LogP contribution in [-0.4, -0.2) is 5.11 Å². The van der Waals surface area contributed by atoms with Crippen molar-refractivity contribution in [3.8, 4) is 5.75 Å². The van der Waals surface area contributed by atoms with Crippen LogP contribution in [0.15, 0.2) is 10.5 Å². The van der Waals surface area contributed by atoms with Crippen molar-refractivity contribution < 1.29 is 18.3 Å². The second kappa shape index (κ2) is 2.73. The van der Waals surface area contributed by atoms with Crippen LogP contribution in [0.5, 0.6) is 5.75 Å². The van der Waals surface area contributed by atoms with Crippen molar-refractivity contribution in [3.05, 3.63) is 28.0 Å². The number of halogens is 4. The van der Waals surface area contributed by atoms with E-state index in [-0.39, 0.29) is 0 Å². The summed E-state index contributed by atoms with van der Waals surface area (Å²) in [5, 5.41) is 8.56. The second-order valence-corrected chi connectivity index (χ2v) is 2.61. The highest BCUT2D eigenvalue weighted by Gasteiger charge is 2.15. The predicted octanol–water partition coefficient (Wildman–Crippen LogP) is 2.57. The molecule has 0 saturated heterocycles. The first kappa shape index (κ1) is 8.39. The lowest BCUT2D eigenvalue weighted by atomic mass is 10.3. The van der Waals surface area contributed by atoms with Crippen molar-refractivity contribution in [2.24, 2.45) is 0 Å². The average molecular weight is 227 g/mol. The molecule has 0 bridgehead atoms. The molecule has 0 saturated carbocycles. The molecule has 0 unspecified atom stereocenters. The van der Waals surface area contributed by atoms with Gasteiger partial charge in [0.1, 0.15) is 5.82 Å². The van der Waals surface area contributed by atoms with Gasteiger partial charge in [0.15, 0.2) is 17.4 Å². The molecule has 0 atom stereocenters. The van der Waals surface area contributed by atoms with Gasteiger partial charge in [-0.2, -0.15) is 0 Å². The average Bonchev–Trinajstić information content (AvgIpc) is 1.97. The van der Waals surface area contributed by atoms with Crippen molar-refractivity contribution in [1.82, 2.24) is 0 Å². The fourth-order valence-corrected chi connectivity index (χ4v) is 0.859. The van der Waals surface area contributed by atoms with E-state index < -0.39 is 27.7 Å². The van der Waals surface area contributed by atoms with E-state index in [1.165, 1.54) is 0 Å². The summed E-state index contributed by atoms with van der Waals surface area (Å²) in [7, 11) is 0. The van der Waals surface area contributed by atoms with Gasteiger partial charge in [0.2, 0.25) is 0 Å². The Morgan fingerprint density at radius 3 is 2.27 bits per heavy atom. The maximum absolute atomic E-state index is 12.5. The van der Waals surface area contributed by atoms with Crippen LogP contribution in [0, 0.1) is 17.5 Å². The van der Waals surface area contributed by atoms with Crippen LogP contribution in [0.4, 0.5) is 13.2 Å². The standard InChI is InChI=1S/C6H2BrF3O/c7-4-2(8)1-3(9)6(11)5(4)10/h1,11H. The minimum absolute atomic E-state index is 0.391. The summed E-state index contributed by atoms with van der Waals surface area (Å²) in [5.74, 6) is -4.92. The lowest BCUT2D eigenvalue weighted by molar-refractivity contribution is 0.387. The van der Waals surface area contributed by atoms with Gasteiger partial charge in [-0.15, -0.1) is 0 Å². The fourth-order valence-electron chi connectivity index (χ4n) is 0.557. The molecule has 0 aliphatic carbocycles. The van der Waals surface area contributed by atoms with Crippen molar-refractivity contribution in [2.45, 2.75) is 0 Å². The quantitative estimate of drug-likeness (QED) is 0.533. The van der Waals surface area contributed by atoms with E-state index in [0.29, 0.717) is 6.07 Å². The van der Waals surface area contributed by atoms with E-state index in [0.717, 1.165) is 0 Å². The van der Waals surface area contributed by atoms with Crippen molar-refractivity contribution in [1.29, 1.82) is 0 Å². The maximum atomic E-state index is 12.5. The Bertz CT molecular complexity index is 274. The Morgan fingerprint density at radius 1 is 1.18 bits per heavy atom. The van der Waals surface area contributed by atoms with Crippen molar-refractivity contribution in [2.75, 3.05) is 0 Å². The molecule has 1 N–H and O–H groups in total. The topological polar surface area (TPSA) is 20.2 Å². The molecule has 11 heavy (non-hydrogen) atoms. The van der Waals surface area contributed by atoms with E-state index in [9.17, 15) is 13.2 Å². The molecular weight excluding hydrogens is 225 g/mol. The first-order valence-electron chi connectivity index (χ1n) is 2.56. The van der Waals surface area contributed by atoms with Crippen LogP contribution in [0.25, 0.3) is 0 Å². The molecular formula is C6H2BrF3O. The second-order valence-electron chi connectivity index (χ2n) is 1.82. The lowest BCUT2D eigenvalue weighted by Crippen LogP contribution is -1.88. The van der Waals surface area contributed by atoms with Crippen LogP contribution >= 0.6 is 15.9 Å². The molecule has 0 amide bonds. The number of hydrogen-bond acceptors (Lipinski definition) is 1. The lowest BCUT2D eigenvalue weighted by Gasteiger charge is -1.99. The number of phenolic OH excluding ortho intramolecular Hbond substituents is 1. The molecule has 60 valence electrons. The van der Waals surface area contributed by atoms with Gasteiger partial charge >= 0.3 is 0 Å². The number of rotatable bonds is 0. The van der Waals surface area contributed by atoms with Gasteiger partial charge in [-0.05, 0) is 15.9 Å². The Balaban J connectivity index is 3.46. The van der Waals surface area contributed by atoms with E-state index in [1.807, 2.05) is 0 Å². The molecule has 0 aliphatic rings. The van der Waals surface area contributed by atoms with Gasteiger partial charge in [0, 0.05) is 6.07 Å². The van der Waals surface area contributed by atoms with Gasteiger partial charge in [0.25, 0.3) is 0 Å². The minimum Gasteiger partial charge on any atom is -0.503 e. The number of benzene rings is 1. The predicted molar refractivity (Wildman–Crippen MR) is 35.7 cm³/mol. The summed E-state index contributed by atoms with van der Waals surface area (Å²) >= 11 is 2.49. The van der Waals surface area contributed by atoms with E-state index in [2.05, 4.69) is 15.9 Å². The third kappa shape index (κ3) is 1.33. The molecule has 0 fully saturated rings. The molecule has 1 aromatic carbocycles. The molecule has 0 radical (unpaired) electrons. The van der Waals surface area contributed by atoms with Crippen LogP contribution in [0.3, 0.4) is 0 Å². The zero-order valence-corrected chi connectivity index (χ0v) is 6.62. The van der Waals surface area contributed by atoms with Crippen molar-refractivity contribution in [3.63, 3.8) is 0 Å². The fraction of sp³-hybridized carbons (Fsp3) is 0. The van der Waals surface area contributed by atoms with Crippen LogP contribution in [0.1, 0.15) is 0 Å². The summed E-state index contributed by atoms with van der Waals surface area (Å²) in [6.45, 7) is 0. The van der Waals surface area contributed by atoms with Gasteiger partial charge < -0.3 is 5.11 Å². The van der Waals surface area contributed by atoms with E-state index in [1.54, 1.807) is 0 Å². The Labute approximate surface area is 68.6 Å². The Kier molecular flexibility index (Phi) is 2.08. The van der Waals surface area contributed by atoms with E-state index in [4.69, 9.17) is 5.11 Å². The zero-order valence-electron chi connectivity index (χ0n) is 5.04. The Hall–Kier alpha value is -0.710. The maximum Gasteiger partial charge on any atom is 0.189 e. The molecule has 0 aliphatic heterocycles. The monoisotopic (exact) mass is 226 g/mol. The first-order valence-corrected chi connectivity index (χ1v) is 3.35. The smallest absolute Gasteiger partial charge is 0.189 e. The van der Waals surface area contributed by atoms with Crippen LogP contribution in [0.2, 0.25) is 0 Å². The third-order valence-electron chi connectivity index (χ3n) is 1.09. The van der Waals surface area contributed by atoms with Crippen molar-refractivity contribution >= 4 is 15.9 Å². The van der Waals surface area contributed by atoms with Crippen LogP contribution < -0.4 is 0 Å². The first-order chi connectivity index (χ1) is 5.04. The van der Waals surface area contributed by atoms with Gasteiger partial charge in [-0.1, -0.05) is 0 Å². The molecule has 0 spiro atoms. The number of aromatic hydroxyl groups is 1. The summed E-state index contributed by atoms with van der Waals surface area (Å²) in [5.41, 5.74) is 0. The summed E-state index contributed by atoms with van der Waals surface area (Å²) in [6, 6.07) is 0.391. The summed E-state index contributed by atoms with van der Waals surface area (Å²) in [4.78, 5) is 0. The Morgan fingerprint density at radius 2 is 1.73 bits per heavy atom. The van der Waals surface area contributed by atoms with Crippen LogP contribution in [-0.2, 0) is 0 Å². The summed E-state index contributed by atoms with van der Waals surface area (Å²) < 4.78 is 36.6. The van der Waals surface area contributed by atoms with E-state index >= 15 is 0 Å². The normalized spacial score (nSPS) is 10.2. The SMILES string of the molecule is Oc1c(F)cc(F)c(Br)c1F. The molecule has 0 aromatic heterocycles. The van der Waals surface area contributed by atoms with Gasteiger partial charge in [-0.3, -0.25) is 0 Å². The number of hydrogen-bond donors (Lipinski definition) is 1. The molecule has 0 heterocycles. The highest BCUT2D eigenvalue weighted by Crippen LogP contribution is 2.29. The van der Waals surface area contributed by atoms with Gasteiger partial charge in [-0.25, -0.2) is 13.2 Å². The van der Waals surface area contributed by atoms with Gasteiger partial charge in [0.05, 0.1) is 4.47 Å². The largest absolute Gasteiger partial charge is 0.503 e. The molecule has 5 heteroatoms. The molecule has 1 nitrogen and oxygen atoms in total. The highest BCUT2D eigenvalue weighted by molar-refractivity contribution is 9.10. The zero-order chi connectivity index (χ0) is 8.59. The number of phenols is 1. The third-order valence-corrected chi connectivity index (χ3v) is 1.82. The summed E-state index contributed by atoms with van der Waals surface area (Å²) in [6.07, 6.45) is 0.